The Morgan fingerprint density at radius 1 is 1.15 bits per heavy atom. The van der Waals surface area contributed by atoms with E-state index >= 15 is 0 Å². The molecule has 0 saturated carbocycles. The molecule has 0 saturated heterocycles. The number of hydrogen-bond donors (Lipinski definition) is 2. The van der Waals surface area contributed by atoms with Crippen molar-refractivity contribution in [3.63, 3.8) is 0 Å². The van der Waals surface area contributed by atoms with Gasteiger partial charge in [-0.2, -0.15) is 0 Å². The largest absolute Gasteiger partial charge is 0.342 e. The summed E-state index contributed by atoms with van der Waals surface area (Å²) < 4.78 is 0.945. The highest BCUT2D eigenvalue weighted by Crippen LogP contribution is 2.35. The fourth-order valence-electron chi connectivity index (χ4n) is 2.97. The van der Waals surface area contributed by atoms with Gasteiger partial charge in [0.1, 0.15) is 4.88 Å². The van der Waals surface area contributed by atoms with Crippen molar-refractivity contribution >= 4 is 61.3 Å². The molecule has 5 nitrogen and oxygen atoms in total. The monoisotopic (exact) mass is 405 g/mol. The third-order valence-corrected chi connectivity index (χ3v) is 6.99. The van der Waals surface area contributed by atoms with Crippen LogP contribution in [-0.4, -0.2) is 23.3 Å². The zero-order chi connectivity index (χ0) is 18.1. The van der Waals surface area contributed by atoms with Crippen LogP contribution >= 0.6 is 34.3 Å². The first-order valence-corrected chi connectivity index (χ1v) is 10.4. The molecule has 1 aliphatic rings. The fourth-order valence-corrected chi connectivity index (χ4v) is 5.47. The maximum Gasteiger partial charge on any atom is 0.263 e. The second kappa shape index (κ2) is 7.34. The summed E-state index contributed by atoms with van der Waals surface area (Å²) in [4.78, 5) is 30.7. The molecule has 2 aromatic heterocycles. The molecule has 2 N–H and O–H groups in total. The average molecular weight is 406 g/mol. The van der Waals surface area contributed by atoms with E-state index in [2.05, 4.69) is 15.6 Å². The number of benzene rings is 1. The van der Waals surface area contributed by atoms with E-state index in [1.807, 2.05) is 24.3 Å². The maximum atomic E-state index is 12.4. The number of carbonyl (C=O) groups is 2. The van der Waals surface area contributed by atoms with Crippen LogP contribution in [0.2, 0.25) is 5.02 Å². The lowest BCUT2D eigenvalue weighted by Crippen LogP contribution is -2.32. The van der Waals surface area contributed by atoms with Crippen LogP contribution in [0, 0.1) is 0 Å². The third kappa shape index (κ3) is 3.47. The number of aryl methyl sites for hydroxylation is 2. The second-order valence-corrected chi connectivity index (χ2v) is 8.58. The molecule has 134 valence electrons. The molecule has 4 rings (SSSR count). The van der Waals surface area contributed by atoms with E-state index in [-0.39, 0.29) is 18.4 Å². The van der Waals surface area contributed by atoms with Crippen LogP contribution in [0.5, 0.6) is 0 Å². The van der Waals surface area contributed by atoms with Crippen LogP contribution in [-0.2, 0) is 17.6 Å². The van der Waals surface area contributed by atoms with Crippen molar-refractivity contribution in [2.24, 2.45) is 0 Å². The highest BCUT2D eigenvalue weighted by atomic mass is 35.5. The van der Waals surface area contributed by atoms with Gasteiger partial charge in [0.2, 0.25) is 5.91 Å². The maximum absolute atomic E-state index is 12.4. The molecule has 1 aromatic carbocycles. The van der Waals surface area contributed by atoms with E-state index in [1.165, 1.54) is 34.0 Å². The van der Waals surface area contributed by atoms with Gasteiger partial charge in [0, 0.05) is 15.0 Å². The van der Waals surface area contributed by atoms with Crippen LogP contribution in [0.25, 0.3) is 10.1 Å². The van der Waals surface area contributed by atoms with Gasteiger partial charge in [-0.1, -0.05) is 29.8 Å². The van der Waals surface area contributed by atoms with Crippen molar-refractivity contribution in [1.29, 1.82) is 0 Å². The van der Waals surface area contributed by atoms with Gasteiger partial charge in [-0.3, -0.25) is 9.59 Å². The summed E-state index contributed by atoms with van der Waals surface area (Å²) in [5, 5.41) is 7.29. The van der Waals surface area contributed by atoms with E-state index in [4.69, 9.17) is 11.6 Å². The molecule has 0 unspecified atom stereocenters. The summed E-state index contributed by atoms with van der Waals surface area (Å²) in [6, 6.07) is 7.57. The molecule has 2 heterocycles. The van der Waals surface area contributed by atoms with E-state index in [1.54, 1.807) is 0 Å². The van der Waals surface area contributed by atoms with Crippen molar-refractivity contribution in [1.82, 2.24) is 10.3 Å². The van der Waals surface area contributed by atoms with Gasteiger partial charge in [0.15, 0.2) is 5.13 Å². The van der Waals surface area contributed by atoms with Crippen molar-refractivity contribution in [2.45, 2.75) is 25.7 Å². The van der Waals surface area contributed by atoms with Crippen molar-refractivity contribution < 1.29 is 9.59 Å². The number of thiazole rings is 1. The van der Waals surface area contributed by atoms with E-state index in [0.717, 1.165) is 35.0 Å². The minimum Gasteiger partial charge on any atom is -0.342 e. The molecule has 0 bridgehead atoms. The summed E-state index contributed by atoms with van der Waals surface area (Å²) in [7, 11) is 0. The lowest BCUT2D eigenvalue weighted by molar-refractivity contribution is -0.115. The number of hydrogen-bond acceptors (Lipinski definition) is 5. The van der Waals surface area contributed by atoms with Crippen LogP contribution in [0.1, 0.15) is 33.1 Å². The quantitative estimate of drug-likeness (QED) is 0.681. The topological polar surface area (TPSA) is 71.1 Å². The zero-order valence-corrected chi connectivity index (χ0v) is 16.2. The van der Waals surface area contributed by atoms with Crippen LogP contribution in [0.15, 0.2) is 24.3 Å². The Labute approximate surface area is 163 Å². The number of nitrogens with one attached hydrogen (secondary N) is 2. The smallest absolute Gasteiger partial charge is 0.263 e. The molecule has 0 spiro atoms. The fraction of sp³-hybridized carbons (Fsp3) is 0.278. The molecule has 1 aliphatic carbocycles. The van der Waals surface area contributed by atoms with Gasteiger partial charge in [0.25, 0.3) is 5.91 Å². The Hall–Kier alpha value is -1.96. The van der Waals surface area contributed by atoms with Gasteiger partial charge in [0.05, 0.1) is 17.3 Å². The number of aromatic nitrogens is 1. The number of anilines is 1. The summed E-state index contributed by atoms with van der Waals surface area (Å²) in [5.41, 5.74) is 1.10. The van der Waals surface area contributed by atoms with Gasteiger partial charge < -0.3 is 10.6 Å². The van der Waals surface area contributed by atoms with Gasteiger partial charge in [-0.25, -0.2) is 4.98 Å². The SMILES string of the molecule is O=C(CNC(=O)c1sc2ccccc2c1Cl)Nc1nc2c(s1)CCCC2. The number of halogens is 1. The van der Waals surface area contributed by atoms with Gasteiger partial charge >= 0.3 is 0 Å². The molecule has 0 radical (unpaired) electrons. The Balaban J connectivity index is 1.38. The third-order valence-electron chi connectivity index (χ3n) is 4.24. The molecular weight excluding hydrogens is 390 g/mol. The number of thiophene rings is 1. The molecule has 0 atom stereocenters. The van der Waals surface area contributed by atoms with Crippen molar-refractivity contribution in [3.05, 3.63) is 44.7 Å². The molecule has 8 heteroatoms. The van der Waals surface area contributed by atoms with Crippen LogP contribution < -0.4 is 10.6 Å². The van der Waals surface area contributed by atoms with Crippen molar-refractivity contribution in [2.75, 3.05) is 11.9 Å². The molecular formula is C18H16ClN3O2S2. The molecule has 26 heavy (non-hydrogen) atoms. The zero-order valence-electron chi connectivity index (χ0n) is 13.8. The van der Waals surface area contributed by atoms with E-state index in [9.17, 15) is 9.59 Å². The molecule has 3 aromatic rings. The molecule has 2 amide bonds. The van der Waals surface area contributed by atoms with Gasteiger partial charge in [-0.15, -0.1) is 22.7 Å². The Morgan fingerprint density at radius 2 is 1.96 bits per heavy atom. The minimum absolute atomic E-state index is 0.117. The minimum atomic E-state index is -0.343. The highest BCUT2D eigenvalue weighted by Gasteiger charge is 2.19. The van der Waals surface area contributed by atoms with E-state index < -0.39 is 0 Å². The van der Waals surface area contributed by atoms with Crippen LogP contribution in [0.4, 0.5) is 5.13 Å². The van der Waals surface area contributed by atoms with Crippen molar-refractivity contribution in [3.8, 4) is 0 Å². The summed E-state index contributed by atoms with van der Waals surface area (Å²) in [6.07, 6.45) is 4.33. The Bertz CT molecular complexity index is 972. The first kappa shape index (κ1) is 17.5. The molecule has 0 aliphatic heterocycles. The lowest BCUT2D eigenvalue weighted by Gasteiger charge is -2.06. The second-order valence-electron chi connectivity index (χ2n) is 6.07. The van der Waals surface area contributed by atoms with Crippen LogP contribution in [0.3, 0.4) is 0 Å². The average Bonchev–Trinajstić information content (AvgIpc) is 3.20. The first-order valence-electron chi connectivity index (χ1n) is 8.35. The first-order chi connectivity index (χ1) is 12.6. The summed E-state index contributed by atoms with van der Waals surface area (Å²) >= 11 is 9.14. The number of amides is 2. The highest BCUT2D eigenvalue weighted by molar-refractivity contribution is 7.21. The number of carbonyl (C=O) groups excluding carboxylic acids is 2. The summed E-state index contributed by atoms with van der Waals surface area (Å²) in [5.74, 6) is -0.633. The standard InChI is InChI=1S/C18H16ClN3O2S2/c19-15-10-5-1-3-7-12(10)25-16(15)17(24)20-9-14(23)22-18-21-11-6-2-4-8-13(11)26-18/h1,3,5,7H,2,4,6,8-9H2,(H,20,24)(H,21,22,23). The Morgan fingerprint density at radius 3 is 2.77 bits per heavy atom. The van der Waals surface area contributed by atoms with E-state index in [0.29, 0.717) is 15.0 Å². The number of nitrogens with zero attached hydrogens (tertiary/aromatic N) is 1. The number of rotatable bonds is 4. The normalized spacial score (nSPS) is 13.4. The Kier molecular flexibility index (Phi) is 4.93. The summed E-state index contributed by atoms with van der Waals surface area (Å²) in [6.45, 7) is -0.117. The lowest BCUT2D eigenvalue weighted by atomic mass is 10.0. The van der Waals surface area contributed by atoms with Gasteiger partial charge in [-0.05, 0) is 31.7 Å². The molecule has 0 fully saturated rings. The number of fused-ring (bicyclic) bond motifs is 2. The predicted octanol–water partition coefficient (Wildman–Crippen LogP) is 4.26. The predicted molar refractivity (Wildman–Crippen MR) is 107 cm³/mol.